The van der Waals surface area contributed by atoms with Gasteiger partial charge in [0.05, 0.1) is 27.9 Å². The Kier molecular flexibility index (Phi) is 6.74. The van der Waals surface area contributed by atoms with Crippen LogP contribution in [0.2, 0.25) is 0 Å². The number of benzene rings is 2. The van der Waals surface area contributed by atoms with Crippen molar-refractivity contribution in [3.05, 3.63) is 47.9 Å². The average molecular weight is 414 g/mol. The summed E-state index contributed by atoms with van der Waals surface area (Å²) >= 11 is 0. The average Bonchev–Trinajstić information content (AvgIpc) is 3.26. The van der Waals surface area contributed by atoms with E-state index in [1.807, 2.05) is 6.92 Å². The molecule has 158 valence electrons. The molecule has 1 heterocycles. The highest BCUT2D eigenvalue weighted by Gasteiger charge is 2.19. The van der Waals surface area contributed by atoms with Gasteiger partial charge in [0.15, 0.2) is 18.1 Å². The van der Waals surface area contributed by atoms with Gasteiger partial charge in [0, 0.05) is 5.56 Å². The lowest BCUT2D eigenvalue weighted by Crippen LogP contribution is -2.08. The molecule has 0 aliphatic carbocycles. The summed E-state index contributed by atoms with van der Waals surface area (Å²) in [5, 5.41) is 7.94. The van der Waals surface area contributed by atoms with E-state index in [0.29, 0.717) is 40.7 Å². The summed E-state index contributed by atoms with van der Waals surface area (Å²) in [6.45, 7) is 2.09. The minimum atomic E-state index is -0.549. The van der Waals surface area contributed by atoms with Crippen LogP contribution in [-0.2, 0) is 11.3 Å². The zero-order valence-corrected chi connectivity index (χ0v) is 17.1. The summed E-state index contributed by atoms with van der Waals surface area (Å²) in [6.07, 6.45) is 0. The molecule has 9 heteroatoms. The molecule has 3 rings (SSSR count). The summed E-state index contributed by atoms with van der Waals surface area (Å²) in [5.41, 5.74) is 0.889. The Morgan fingerprint density at radius 1 is 0.967 bits per heavy atom. The normalized spacial score (nSPS) is 10.4. The molecule has 0 atom stereocenters. The van der Waals surface area contributed by atoms with Crippen LogP contribution in [0.5, 0.6) is 23.0 Å². The lowest BCUT2D eigenvalue weighted by Gasteiger charge is -2.12. The second kappa shape index (κ2) is 9.64. The Hall–Kier alpha value is -3.75. The number of para-hydroxylation sites is 1. The van der Waals surface area contributed by atoms with Crippen molar-refractivity contribution in [2.24, 2.45) is 0 Å². The molecule has 0 saturated carbocycles. The Bertz CT molecular complexity index is 991. The van der Waals surface area contributed by atoms with Crippen LogP contribution in [0.3, 0.4) is 0 Å². The van der Waals surface area contributed by atoms with Crippen molar-refractivity contribution in [2.45, 2.75) is 13.5 Å². The highest BCUT2D eigenvalue weighted by atomic mass is 16.5. The Morgan fingerprint density at radius 2 is 1.67 bits per heavy atom. The number of methoxy groups -OCH3 is 3. The van der Waals surface area contributed by atoms with Gasteiger partial charge in [-0.3, -0.25) is 0 Å². The van der Waals surface area contributed by atoms with Crippen LogP contribution in [0.15, 0.2) is 40.8 Å². The summed E-state index contributed by atoms with van der Waals surface area (Å²) in [6, 6.07) is 10.2. The minimum absolute atomic E-state index is 0.140. The van der Waals surface area contributed by atoms with E-state index in [1.54, 1.807) is 36.4 Å². The van der Waals surface area contributed by atoms with Gasteiger partial charge in [0.2, 0.25) is 11.6 Å². The predicted octanol–water partition coefficient (Wildman–Crippen LogP) is 3.52. The molecule has 0 unspecified atom stereocenters. The van der Waals surface area contributed by atoms with Gasteiger partial charge >= 0.3 is 5.97 Å². The number of hydrogen-bond donors (Lipinski definition) is 0. The van der Waals surface area contributed by atoms with E-state index in [2.05, 4.69) is 10.2 Å². The second-order valence-corrected chi connectivity index (χ2v) is 5.92. The first-order valence-electron chi connectivity index (χ1n) is 9.13. The molecule has 9 nitrogen and oxygen atoms in total. The number of esters is 1. The second-order valence-electron chi connectivity index (χ2n) is 5.92. The van der Waals surface area contributed by atoms with Crippen molar-refractivity contribution in [3.8, 4) is 34.5 Å². The molecule has 1 aromatic heterocycles. The third-order valence-electron chi connectivity index (χ3n) is 4.11. The van der Waals surface area contributed by atoms with Crippen molar-refractivity contribution in [1.29, 1.82) is 0 Å². The van der Waals surface area contributed by atoms with Crippen LogP contribution >= 0.6 is 0 Å². The highest BCUT2D eigenvalue weighted by molar-refractivity contribution is 5.92. The van der Waals surface area contributed by atoms with Gasteiger partial charge in [-0.15, -0.1) is 10.2 Å². The number of ether oxygens (including phenoxy) is 5. The monoisotopic (exact) mass is 414 g/mol. The maximum Gasteiger partial charge on any atom is 0.342 e. The fraction of sp³-hybridized carbons (Fsp3) is 0.286. The topological polar surface area (TPSA) is 102 Å². The van der Waals surface area contributed by atoms with Crippen LogP contribution < -0.4 is 18.9 Å². The molecular formula is C21H22N2O7. The van der Waals surface area contributed by atoms with E-state index in [0.717, 1.165) is 0 Å². The largest absolute Gasteiger partial charge is 0.493 e. The van der Waals surface area contributed by atoms with Crippen LogP contribution in [0.1, 0.15) is 23.2 Å². The number of aromatic nitrogens is 2. The first-order chi connectivity index (χ1) is 14.6. The maximum absolute atomic E-state index is 12.4. The molecule has 0 N–H and O–H groups in total. The van der Waals surface area contributed by atoms with E-state index in [9.17, 15) is 4.79 Å². The summed E-state index contributed by atoms with van der Waals surface area (Å²) in [4.78, 5) is 12.4. The van der Waals surface area contributed by atoms with Gasteiger partial charge in [0.1, 0.15) is 11.3 Å². The van der Waals surface area contributed by atoms with E-state index in [4.69, 9.17) is 28.1 Å². The molecule has 0 amide bonds. The van der Waals surface area contributed by atoms with Crippen molar-refractivity contribution >= 4 is 5.97 Å². The van der Waals surface area contributed by atoms with Crippen LogP contribution in [0, 0.1) is 0 Å². The van der Waals surface area contributed by atoms with Crippen molar-refractivity contribution in [2.75, 3.05) is 27.9 Å². The fourth-order valence-corrected chi connectivity index (χ4v) is 2.75. The molecule has 0 bridgehead atoms. The number of carbonyl (C=O) groups is 1. The van der Waals surface area contributed by atoms with Crippen LogP contribution in [0.4, 0.5) is 0 Å². The van der Waals surface area contributed by atoms with Gasteiger partial charge in [-0.1, -0.05) is 12.1 Å². The molecule has 0 aliphatic rings. The molecule has 0 aliphatic heterocycles. The van der Waals surface area contributed by atoms with E-state index < -0.39 is 5.97 Å². The summed E-state index contributed by atoms with van der Waals surface area (Å²) < 4.78 is 32.3. The highest BCUT2D eigenvalue weighted by Crippen LogP contribution is 2.40. The number of carbonyl (C=O) groups excluding carboxylic acids is 1. The van der Waals surface area contributed by atoms with E-state index >= 15 is 0 Å². The van der Waals surface area contributed by atoms with Gasteiger partial charge in [-0.25, -0.2) is 4.79 Å². The summed E-state index contributed by atoms with van der Waals surface area (Å²) in [5.74, 6) is 1.61. The summed E-state index contributed by atoms with van der Waals surface area (Å²) in [7, 11) is 4.54. The lowest BCUT2D eigenvalue weighted by atomic mass is 10.2. The first kappa shape index (κ1) is 21.0. The van der Waals surface area contributed by atoms with Gasteiger partial charge in [-0.05, 0) is 31.2 Å². The molecule has 0 spiro atoms. The van der Waals surface area contributed by atoms with Crippen molar-refractivity contribution in [3.63, 3.8) is 0 Å². The molecule has 0 fully saturated rings. The minimum Gasteiger partial charge on any atom is -0.493 e. The third kappa shape index (κ3) is 4.45. The fourth-order valence-electron chi connectivity index (χ4n) is 2.75. The van der Waals surface area contributed by atoms with Gasteiger partial charge < -0.3 is 28.1 Å². The molecule has 0 saturated heterocycles. The predicted molar refractivity (Wildman–Crippen MR) is 106 cm³/mol. The third-order valence-corrected chi connectivity index (χ3v) is 4.11. The van der Waals surface area contributed by atoms with E-state index in [1.165, 1.54) is 21.3 Å². The van der Waals surface area contributed by atoms with Gasteiger partial charge in [-0.2, -0.15) is 0 Å². The zero-order chi connectivity index (χ0) is 21.5. The zero-order valence-electron chi connectivity index (χ0n) is 17.1. The van der Waals surface area contributed by atoms with Crippen molar-refractivity contribution < 1.29 is 32.9 Å². The van der Waals surface area contributed by atoms with E-state index in [-0.39, 0.29) is 18.4 Å². The molecule has 3 aromatic rings. The molecule has 0 radical (unpaired) electrons. The quantitative estimate of drug-likeness (QED) is 0.487. The Balaban J connectivity index is 1.75. The number of nitrogens with zero attached hydrogens (tertiary/aromatic N) is 2. The van der Waals surface area contributed by atoms with Crippen molar-refractivity contribution in [1.82, 2.24) is 10.2 Å². The van der Waals surface area contributed by atoms with Gasteiger partial charge in [0.25, 0.3) is 5.89 Å². The lowest BCUT2D eigenvalue weighted by molar-refractivity contribution is 0.0434. The number of hydrogen-bond acceptors (Lipinski definition) is 9. The first-order valence-corrected chi connectivity index (χ1v) is 9.13. The standard InChI is InChI=1S/C21H22N2O7/c1-5-28-15-9-7-6-8-14(15)21(24)29-12-18-22-23-20(30-18)13-10-16(25-2)19(27-4)17(11-13)26-3/h6-11H,5,12H2,1-4H3. The Labute approximate surface area is 173 Å². The molecule has 2 aromatic carbocycles. The van der Waals surface area contributed by atoms with Crippen LogP contribution in [0.25, 0.3) is 11.5 Å². The molecule has 30 heavy (non-hydrogen) atoms. The SMILES string of the molecule is CCOc1ccccc1C(=O)OCc1nnc(-c2cc(OC)c(OC)c(OC)c2)o1. The Morgan fingerprint density at radius 3 is 2.30 bits per heavy atom. The number of rotatable bonds is 9. The van der Waals surface area contributed by atoms with Crippen LogP contribution in [-0.4, -0.2) is 44.1 Å². The maximum atomic E-state index is 12.4. The smallest absolute Gasteiger partial charge is 0.342 e. The molecular weight excluding hydrogens is 392 g/mol.